The first-order valence-electron chi connectivity index (χ1n) is 7.50. The Morgan fingerprint density at radius 3 is 2.70 bits per heavy atom. The van der Waals surface area contributed by atoms with Crippen molar-refractivity contribution in [2.24, 2.45) is 0 Å². The van der Waals surface area contributed by atoms with Crippen molar-refractivity contribution in [3.8, 4) is 0 Å². The number of H-pyrrole nitrogens is 1. The molecule has 0 fully saturated rings. The SMILES string of the molecule is CCOC(=O)c1c(C)[nH]c(C(=O)NCc2ncccc2C)c1C. The fourth-order valence-corrected chi connectivity index (χ4v) is 2.44. The van der Waals surface area contributed by atoms with E-state index in [1.54, 1.807) is 27.0 Å². The fourth-order valence-electron chi connectivity index (χ4n) is 2.44. The molecule has 0 unspecified atom stereocenters. The third-order valence-electron chi connectivity index (χ3n) is 3.68. The molecule has 2 aromatic heterocycles. The quantitative estimate of drug-likeness (QED) is 0.830. The van der Waals surface area contributed by atoms with Crippen LogP contribution < -0.4 is 5.32 Å². The van der Waals surface area contributed by atoms with Crippen molar-refractivity contribution >= 4 is 11.9 Å². The number of nitrogens with zero attached hydrogens (tertiary/aromatic N) is 1. The molecular formula is C17H21N3O3. The van der Waals surface area contributed by atoms with Gasteiger partial charge in [0.2, 0.25) is 0 Å². The number of hydrogen-bond donors (Lipinski definition) is 2. The second kappa shape index (κ2) is 7.09. The third-order valence-corrected chi connectivity index (χ3v) is 3.68. The normalized spacial score (nSPS) is 10.4. The topological polar surface area (TPSA) is 84.1 Å². The molecule has 1 amide bonds. The van der Waals surface area contributed by atoms with Crippen LogP contribution >= 0.6 is 0 Å². The summed E-state index contributed by atoms with van der Waals surface area (Å²) in [6.07, 6.45) is 1.69. The van der Waals surface area contributed by atoms with Gasteiger partial charge in [-0.3, -0.25) is 9.78 Å². The molecular weight excluding hydrogens is 294 g/mol. The van der Waals surface area contributed by atoms with Crippen LogP contribution in [-0.4, -0.2) is 28.5 Å². The summed E-state index contributed by atoms with van der Waals surface area (Å²) in [5, 5.41) is 2.82. The number of nitrogens with one attached hydrogen (secondary N) is 2. The molecule has 2 aromatic rings. The van der Waals surface area contributed by atoms with Crippen LogP contribution in [0.1, 0.15) is 50.3 Å². The van der Waals surface area contributed by atoms with Gasteiger partial charge < -0.3 is 15.0 Å². The molecule has 122 valence electrons. The minimum Gasteiger partial charge on any atom is -0.462 e. The van der Waals surface area contributed by atoms with E-state index in [2.05, 4.69) is 15.3 Å². The van der Waals surface area contributed by atoms with Gasteiger partial charge in [-0.1, -0.05) is 6.07 Å². The summed E-state index contributed by atoms with van der Waals surface area (Å²) in [7, 11) is 0. The van der Waals surface area contributed by atoms with Gasteiger partial charge in [-0.15, -0.1) is 0 Å². The molecule has 0 aliphatic carbocycles. The first kappa shape index (κ1) is 16.7. The number of ether oxygens (including phenoxy) is 1. The molecule has 0 atom stereocenters. The lowest BCUT2D eigenvalue weighted by molar-refractivity contribution is 0.0525. The van der Waals surface area contributed by atoms with E-state index in [1.165, 1.54) is 0 Å². The summed E-state index contributed by atoms with van der Waals surface area (Å²) >= 11 is 0. The Balaban J connectivity index is 2.16. The zero-order valence-electron chi connectivity index (χ0n) is 13.8. The van der Waals surface area contributed by atoms with Crippen molar-refractivity contribution < 1.29 is 14.3 Å². The molecule has 0 aromatic carbocycles. The molecule has 0 saturated carbocycles. The van der Waals surface area contributed by atoms with E-state index in [0.29, 0.717) is 35.7 Å². The van der Waals surface area contributed by atoms with Crippen molar-refractivity contribution in [3.63, 3.8) is 0 Å². The molecule has 6 nitrogen and oxygen atoms in total. The standard InChI is InChI=1S/C17H21N3O3/c1-5-23-17(22)14-11(3)15(20-12(14)4)16(21)19-9-13-10(2)7-6-8-18-13/h6-8,20H,5,9H2,1-4H3,(H,19,21). The van der Waals surface area contributed by atoms with E-state index >= 15 is 0 Å². The lowest BCUT2D eigenvalue weighted by Crippen LogP contribution is -2.25. The Bertz CT molecular complexity index is 735. The highest BCUT2D eigenvalue weighted by Crippen LogP contribution is 2.19. The van der Waals surface area contributed by atoms with Crippen LogP contribution in [0.5, 0.6) is 0 Å². The zero-order chi connectivity index (χ0) is 17.0. The van der Waals surface area contributed by atoms with Crippen LogP contribution in [0.4, 0.5) is 0 Å². The van der Waals surface area contributed by atoms with E-state index in [1.807, 2.05) is 19.1 Å². The number of pyridine rings is 1. The number of aromatic amines is 1. The first-order chi connectivity index (χ1) is 11.0. The van der Waals surface area contributed by atoms with Crippen LogP contribution in [0.2, 0.25) is 0 Å². The monoisotopic (exact) mass is 315 g/mol. The van der Waals surface area contributed by atoms with Crippen molar-refractivity contribution in [3.05, 3.63) is 52.1 Å². The molecule has 2 N–H and O–H groups in total. The maximum Gasteiger partial charge on any atom is 0.340 e. The van der Waals surface area contributed by atoms with Crippen LogP contribution in [0.3, 0.4) is 0 Å². The summed E-state index contributed by atoms with van der Waals surface area (Å²) in [6, 6.07) is 3.79. The van der Waals surface area contributed by atoms with Gasteiger partial charge >= 0.3 is 5.97 Å². The average Bonchev–Trinajstić information content (AvgIpc) is 2.81. The molecule has 6 heteroatoms. The lowest BCUT2D eigenvalue weighted by atomic mass is 10.1. The van der Waals surface area contributed by atoms with Gasteiger partial charge in [-0.2, -0.15) is 0 Å². The number of carbonyl (C=O) groups is 2. The van der Waals surface area contributed by atoms with Crippen LogP contribution in [0.25, 0.3) is 0 Å². The van der Waals surface area contributed by atoms with E-state index < -0.39 is 5.97 Å². The highest BCUT2D eigenvalue weighted by atomic mass is 16.5. The number of carbonyl (C=O) groups excluding carboxylic acids is 2. The Labute approximate surface area is 135 Å². The van der Waals surface area contributed by atoms with Crippen molar-refractivity contribution in [2.75, 3.05) is 6.61 Å². The average molecular weight is 315 g/mol. The summed E-state index contributed by atoms with van der Waals surface area (Å²) in [4.78, 5) is 31.5. The molecule has 0 aliphatic heterocycles. The van der Waals surface area contributed by atoms with Gasteiger partial charge in [0.1, 0.15) is 5.69 Å². The minimum atomic E-state index is -0.418. The van der Waals surface area contributed by atoms with Crippen LogP contribution in [-0.2, 0) is 11.3 Å². The summed E-state index contributed by atoms with van der Waals surface area (Å²) in [5.41, 5.74) is 3.84. The van der Waals surface area contributed by atoms with E-state index in [-0.39, 0.29) is 5.91 Å². The van der Waals surface area contributed by atoms with E-state index in [9.17, 15) is 9.59 Å². The smallest absolute Gasteiger partial charge is 0.340 e. The van der Waals surface area contributed by atoms with Crippen molar-refractivity contribution in [1.29, 1.82) is 0 Å². The molecule has 0 spiro atoms. The summed E-state index contributed by atoms with van der Waals surface area (Å²) in [5.74, 6) is -0.690. The van der Waals surface area contributed by atoms with E-state index in [0.717, 1.165) is 11.3 Å². The minimum absolute atomic E-state index is 0.272. The largest absolute Gasteiger partial charge is 0.462 e. The predicted molar refractivity (Wildman–Crippen MR) is 86.4 cm³/mol. The molecule has 2 rings (SSSR count). The zero-order valence-corrected chi connectivity index (χ0v) is 13.8. The van der Waals surface area contributed by atoms with Gasteiger partial charge in [-0.25, -0.2) is 4.79 Å². The number of esters is 1. The number of aromatic nitrogens is 2. The Morgan fingerprint density at radius 2 is 2.04 bits per heavy atom. The number of aryl methyl sites for hydroxylation is 2. The summed E-state index contributed by atoms with van der Waals surface area (Å²) in [6.45, 7) is 7.80. The summed E-state index contributed by atoms with van der Waals surface area (Å²) < 4.78 is 5.03. The second-order valence-electron chi connectivity index (χ2n) is 5.30. The molecule has 0 aliphatic rings. The van der Waals surface area contributed by atoms with Gasteiger partial charge in [0, 0.05) is 11.9 Å². The van der Waals surface area contributed by atoms with Crippen LogP contribution in [0, 0.1) is 20.8 Å². The number of hydrogen-bond acceptors (Lipinski definition) is 4. The molecule has 0 radical (unpaired) electrons. The lowest BCUT2D eigenvalue weighted by Gasteiger charge is -2.07. The fraction of sp³-hybridized carbons (Fsp3) is 0.353. The molecule has 0 saturated heterocycles. The van der Waals surface area contributed by atoms with Gasteiger partial charge in [-0.05, 0) is 44.9 Å². The Morgan fingerprint density at radius 1 is 1.30 bits per heavy atom. The Hall–Kier alpha value is -2.63. The predicted octanol–water partition coefficient (Wildman–Crippen LogP) is 2.44. The maximum absolute atomic E-state index is 12.4. The second-order valence-corrected chi connectivity index (χ2v) is 5.30. The van der Waals surface area contributed by atoms with Gasteiger partial charge in [0.25, 0.3) is 5.91 Å². The van der Waals surface area contributed by atoms with Gasteiger partial charge in [0.05, 0.1) is 24.4 Å². The molecule has 2 heterocycles. The number of rotatable bonds is 5. The first-order valence-corrected chi connectivity index (χ1v) is 7.50. The highest BCUT2D eigenvalue weighted by molar-refractivity contribution is 6.00. The van der Waals surface area contributed by atoms with Gasteiger partial charge in [0.15, 0.2) is 0 Å². The maximum atomic E-state index is 12.4. The Kier molecular flexibility index (Phi) is 5.16. The third kappa shape index (κ3) is 3.59. The van der Waals surface area contributed by atoms with Crippen molar-refractivity contribution in [2.45, 2.75) is 34.2 Å². The number of amides is 1. The van der Waals surface area contributed by atoms with E-state index in [4.69, 9.17) is 4.74 Å². The highest BCUT2D eigenvalue weighted by Gasteiger charge is 2.22. The molecule has 0 bridgehead atoms. The van der Waals surface area contributed by atoms with Crippen molar-refractivity contribution in [1.82, 2.24) is 15.3 Å². The molecule has 23 heavy (non-hydrogen) atoms. The van der Waals surface area contributed by atoms with Crippen LogP contribution in [0.15, 0.2) is 18.3 Å².